The van der Waals surface area contributed by atoms with Crippen LogP contribution in [0.2, 0.25) is 0 Å². The second kappa shape index (κ2) is 10.1. The number of ether oxygens (including phenoxy) is 2. The fourth-order valence-electron chi connectivity index (χ4n) is 6.10. The van der Waals surface area contributed by atoms with Crippen LogP contribution < -0.4 is 4.90 Å². The summed E-state index contributed by atoms with van der Waals surface area (Å²) in [5.41, 5.74) is 7.85. The molecule has 0 bridgehead atoms. The minimum absolute atomic E-state index is 0.0185. The molecule has 2 aliphatic rings. The van der Waals surface area contributed by atoms with Crippen LogP contribution in [-0.2, 0) is 15.1 Å². The maximum absolute atomic E-state index is 13.8. The summed E-state index contributed by atoms with van der Waals surface area (Å²) in [5.74, 6) is -0.0185. The van der Waals surface area contributed by atoms with Crippen LogP contribution in [0.1, 0.15) is 40.1 Å². The van der Waals surface area contributed by atoms with Crippen molar-refractivity contribution in [2.24, 2.45) is 0 Å². The first-order valence-corrected chi connectivity index (χ1v) is 14.5. The van der Waals surface area contributed by atoms with Gasteiger partial charge in [-0.1, -0.05) is 60.7 Å². The first-order chi connectivity index (χ1) is 20.1. The van der Waals surface area contributed by atoms with Crippen molar-refractivity contribution < 1.29 is 14.3 Å². The summed E-state index contributed by atoms with van der Waals surface area (Å²) < 4.78 is 12.6. The molecule has 0 radical (unpaired) electrons. The number of nitriles is 1. The van der Waals surface area contributed by atoms with Crippen LogP contribution >= 0.6 is 11.3 Å². The average Bonchev–Trinajstić information content (AvgIpc) is 3.76. The smallest absolute Gasteiger partial charge is 0.414 e. The predicted molar refractivity (Wildman–Crippen MR) is 160 cm³/mol. The Balaban J connectivity index is 1.23. The van der Waals surface area contributed by atoms with Gasteiger partial charge in [0.15, 0.2) is 0 Å². The topological polar surface area (TPSA) is 78.3 Å². The minimum Gasteiger partial charge on any atom is -0.448 e. The number of rotatable bonds is 4. The van der Waals surface area contributed by atoms with E-state index >= 15 is 0 Å². The number of aromatic nitrogens is 1. The highest BCUT2D eigenvalue weighted by Crippen LogP contribution is 2.46. The summed E-state index contributed by atoms with van der Waals surface area (Å²) in [6.45, 7) is 3.02. The fourth-order valence-corrected chi connectivity index (χ4v) is 6.96. The van der Waals surface area contributed by atoms with Crippen molar-refractivity contribution in [1.82, 2.24) is 4.98 Å². The van der Waals surface area contributed by atoms with Crippen LogP contribution in [0.15, 0.2) is 96.4 Å². The number of amides is 1. The molecule has 6 nitrogen and oxygen atoms in total. The van der Waals surface area contributed by atoms with E-state index in [4.69, 9.17) is 9.47 Å². The number of nitrogens with one attached hydrogen (secondary N) is 1. The zero-order valence-corrected chi connectivity index (χ0v) is 23.3. The number of aromatic amines is 1. The molecule has 202 valence electrons. The lowest BCUT2D eigenvalue weighted by molar-refractivity contribution is 0.00743. The molecule has 2 aromatic heterocycles. The van der Waals surface area contributed by atoms with Gasteiger partial charge in [0.2, 0.25) is 0 Å². The first kappa shape index (κ1) is 25.3. The third kappa shape index (κ3) is 4.24. The second-order valence-electron chi connectivity index (χ2n) is 10.4. The first-order valence-electron chi connectivity index (χ1n) is 13.6. The van der Waals surface area contributed by atoms with Crippen molar-refractivity contribution in [2.45, 2.75) is 18.4 Å². The number of carbonyl (C=O) groups excluding carboxylic acids is 1. The Hall–Kier alpha value is -4.64. The number of hydrogen-bond donors (Lipinski definition) is 1. The number of anilines is 1. The minimum atomic E-state index is -0.761. The summed E-state index contributed by atoms with van der Waals surface area (Å²) in [6, 6.07) is 32.5. The number of nitrogens with zero attached hydrogens (tertiary/aromatic N) is 2. The molecule has 5 aromatic rings. The third-order valence-electron chi connectivity index (χ3n) is 8.17. The van der Waals surface area contributed by atoms with Gasteiger partial charge in [-0.3, -0.25) is 4.90 Å². The molecule has 7 rings (SSSR count). The molecule has 0 spiro atoms. The van der Waals surface area contributed by atoms with E-state index in [0.717, 1.165) is 27.4 Å². The Kier molecular flexibility index (Phi) is 6.23. The Morgan fingerprint density at radius 2 is 1.80 bits per heavy atom. The monoisotopic (exact) mass is 557 g/mol. The zero-order valence-electron chi connectivity index (χ0n) is 22.5. The van der Waals surface area contributed by atoms with Gasteiger partial charge in [-0.25, -0.2) is 4.79 Å². The van der Waals surface area contributed by atoms with Crippen LogP contribution in [0, 0.1) is 11.3 Å². The number of hydrogen-bond acceptors (Lipinski definition) is 5. The fraction of sp³-hybridized carbons (Fsp3) is 0.176. The van der Waals surface area contributed by atoms with E-state index in [2.05, 4.69) is 54.4 Å². The zero-order chi connectivity index (χ0) is 28.0. The normalized spacial score (nSPS) is 17.7. The molecule has 1 unspecified atom stereocenters. The van der Waals surface area contributed by atoms with Crippen molar-refractivity contribution in [2.75, 3.05) is 24.7 Å². The molecule has 3 heterocycles. The average molecular weight is 558 g/mol. The van der Waals surface area contributed by atoms with Crippen molar-refractivity contribution >= 4 is 23.1 Å². The van der Waals surface area contributed by atoms with Gasteiger partial charge in [0.05, 0.1) is 18.8 Å². The molecule has 1 aliphatic carbocycles. The van der Waals surface area contributed by atoms with Crippen molar-refractivity contribution in [1.29, 1.82) is 5.26 Å². The third-order valence-corrected chi connectivity index (χ3v) is 9.24. The molecular weight excluding hydrogens is 530 g/mol. The van der Waals surface area contributed by atoms with Gasteiger partial charge >= 0.3 is 6.09 Å². The van der Waals surface area contributed by atoms with Crippen molar-refractivity contribution in [3.63, 3.8) is 0 Å². The van der Waals surface area contributed by atoms with Crippen molar-refractivity contribution in [3.8, 4) is 28.5 Å². The van der Waals surface area contributed by atoms with E-state index in [1.807, 2.05) is 53.9 Å². The summed E-state index contributed by atoms with van der Waals surface area (Å²) >= 11 is 1.62. The van der Waals surface area contributed by atoms with Crippen LogP contribution in [0.3, 0.4) is 0 Å². The lowest BCUT2D eigenvalue weighted by atomic mass is 9.90. The summed E-state index contributed by atoms with van der Waals surface area (Å²) in [6.07, 6.45) is -0.397. The van der Waals surface area contributed by atoms with Gasteiger partial charge in [0.25, 0.3) is 0 Å². The highest BCUT2D eigenvalue weighted by molar-refractivity contribution is 7.10. The van der Waals surface area contributed by atoms with Gasteiger partial charge in [-0.15, -0.1) is 11.3 Å². The van der Waals surface area contributed by atoms with Gasteiger partial charge in [-0.05, 0) is 70.5 Å². The highest BCUT2D eigenvalue weighted by Gasteiger charge is 2.39. The van der Waals surface area contributed by atoms with Crippen molar-refractivity contribution in [3.05, 3.63) is 124 Å². The number of carbonyl (C=O) groups is 1. The van der Waals surface area contributed by atoms with E-state index in [1.165, 1.54) is 22.3 Å². The lowest BCUT2D eigenvalue weighted by Gasteiger charge is -2.30. The van der Waals surface area contributed by atoms with Crippen LogP contribution in [0.4, 0.5) is 10.5 Å². The molecule has 1 amide bonds. The van der Waals surface area contributed by atoms with Gasteiger partial charge in [0.1, 0.15) is 24.0 Å². The number of benzene rings is 3. The molecule has 7 heteroatoms. The standard InChI is InChI=1S/C34H27N3O3S/c1-34(32-11-6-18-41-32)29-19-22(30-14-13-23(20-35)36-30)12-15-31(29)37(16-17-40-34)33(38)39-21-28-26-9-4-2-7-24(26)25-8-3-5-10-27(25)28/h2-15,18-19,28,36H,16-17,21H2,1H3. The van der Waals surface area contributed by atoms with E-state index < -0.39 is 11.7 Å². The Labute approximate surface area is 242 Å². The summed E-state index contributed by atoms with van der Waals surface area (Å²) in [7, 11) is 0. The van der Waals surface area contributed by atoms with E-state index in [-0.39, 0.29) is 12.5 Å². The van der Waals surface area contributed by atoms with Crippen LogP contribution in [0.25, 0.3) is 22.4 Å². The lowest BCUT2D eigenvalue weighted by Crippen LogP contribution is -2.34. The van der Waals surface area contributed by atoms with Crippen LogP contribution in [-0.4, -0.2) is 30.8 Å². The maximum atomic E-state index is 13.8. The second-order valence-corrected chi connectivity index (χ2v) is 11.4. The number of H-pyrrole nitrogens is 1. The SMILES string of the molecule is CC1(c2cccs2)OCCN(C(=O)OCC2c3ccccc3-c3ccccc32)c2ccc(-c3ccc(C#N)[nH]3)cc21. The molecule has 3 aromatic carbocycles. The Morgan fingerprint density at radius 1 is 1.05 bits per heavy atom. The Bertz CT molecular complexity index is 1760. The predicted octanol–water partition coefficient (Wildman–Crippen LogP) is 7.66. The molecule has 1 aliphatic heterocycles. The van der Waals surface area contributed by atoms with E-state index in [0.29, 0.717) is 18.8 Å². The van der Waals surface area contributed by atoms with Gasteiger partial charge in [-0.2, -0.15) is 5.26 Å². The van der Waals surface area contributed by atoms with Gasteiger partial charge in [0, 0.05) is 22.1 Å². The summed E-state index contributed by atoms with van der Waals surface area (Å²) in [5, 5.41) is 11.3. The Morgan fingerprint density at radius 3 is 2.49 bits per heavy atom. The van der Waals surface area contributed by atoms with Gasteiger partial charge < -0.3 is 14.5 Å². The summed E-state index contributed by atoms with van der Waals surface area (Å²) in [4.78, 5) is 19.7. The highest BCUT2D eigenvalue weighted by atomic mass is 32.1. The number of fused-ring (bicyclic) bond motifs is 4. The largest absolute Gasteiger partial charge is 0.448 e. The maximum Gasteiger partial charge on any atom is 0.414 e. The molecule has 0 saturated heterocycles. The van der Waals surface area contributed by atoms with E-state index in [9.17, 15) is 10.1 Å². The molecule has 0 saturated carbocycles. The molecule has 1 N–H and O–H groups in total. The number of thiophene rings is 1. The molecular formula is C34H27N3O3S. The molecule has 41 heavy (non-hydrogen) atoms. The quantitative estimate of drug-likeness (QED) is 0.246. The van der Waals surface area contributed by atoms with Crippen LogP contribution in [0.5, 0.6) is 0 Å². The molecule has 1 atom stereocenters. The molecule has 0 fully saturated rings. The van der Waals surface area contributed by atoms with E-state index in [1.54, 1.807) is 22.3 Å².